The van der Waals surface area contributed by atoms with E-state index >= 15 is 0 Å². The van der Waals surface area contributed by atoms with E-state index in [2.05, 4.69) is 25.9 Å². The van der Waals surface area contributed by atoms with Gasteiger partial charge in [0.15, 0.2) is 5.65 Å². The van der Waals surface area contributed by atoms with Crippen LogP contribution in [0.5, 0.6) is 0 Å². The van der Waals surface area contributed by atoms with Gasteiger partial charge >= 0.3 is 0 Å². The number of aromatic nitrogens is 3. The highest BCUT2D eigenvalue weighted by molar-refractivity contribution is 9.10. The molecule has 1 fully saturated rings. The minimum absolute atomic E-state index is 0.154. The molecular formula is C25H24BrN3O3S. The van der Waals surface area contributed by atoms with Crippen molar-refractivity contribution >= 4 is 37.0 Å². The van der Waals surface area contributed by atoms with Crippen molar-refractivity contribution in [1.82, 2.24) is 13.9 Å². The molecule has 3 heterocycles. The summed E-state index contributed by atoms with van der Waals surface area (Å²) in [5, 5.41) is 12.5. The van der Waals surface area contributed by atoms with E-state index in [4.69, 9.17) is 0 Å². The van der Waals surface area contributed by atoms with Crippen LogP contribution in [0.25, 0.3) is 11.0 Å². The third kappa shape index (κ3) is 4.11. The first-order chi connectivity index (χ1) is 16.0. The Morgan fingerprint density at radius 3 is 2.45 bits per heavy atom. The molecule has 0 aliphatic heterocycles. The van der Waals surface area contributed by atoms with Crippen LogP contribution in [0.4, 0.5) is 0 Å². The Balaban J connectivity index is 1.70. The van der Waals surface area contributed by atoms with Gasteiger partial charge in [-0.15, -0.1) is 0 Å². The molecule has 0 spiro atoms. The maximum absolute atomic E-state index is 13.7. The summed E-state index contributed by atoms with van der Waals surface area (Å²) in [6.07, 6.45) is 6.37. The van der Waals surface area contributed by atoms with E-state index in [1.54, 1.807) is 54.9 Å². The number of pyridine rings is 2. The number of halogens is 1. The average molecular weight is 526 g/mol. The van der Waals surface area contributed by atoms with Crippen molar-refractivity contribution in [3.05, 3.63) is 88.9 Å². The quantitative estimate of drug-likeness (QED) is 0.362. The van der Waals surface area contributed by atoms with Crippen LogP contribution >= 0.6 is 15.9 Å². The fraction of sp³-hybridized carbons (Fsp3) is 0.280. The summed E-state index contributed by atoms with van der Waals surface area (Å²) in [7, 11) is -3.98. The summed E-state index contributed by atoms with van der Waals surface area (Å²) in [6.45, 7) is 0. The van der Waals surface area contributed by atoms with Crippen LogP contribution in [0.1, 0.15) is 49.1 Å². The number of hydrogen-bond donors (Lipinski definition) is 1. The van der Waals surface area contributed by atoms with Gasteiger partial charge in [-0.25, -0.2) is 17.4 Å². The third-order valence-electron chi connectivity index (χ3n) is 6.47. The van der Waals surface area contributed by atoms with Gasteiger partial charge in [0.2, 0.25) is 0 Å². The van der Waals surface area contributed by atoms with Crippen LogP contribution in [0.2, 0.25) is 0 Å². The number of aliphatic hydroxyl groups excluding tert-OH is 1. The topological polar surface area (TPSA) is 85.1 Å². The molecule has 1 aromatic carbocycles. The molecular weight excluding hydrogens is 502 g/mol. The molecule has 0 saturated heterocycles. The van der Waals surface area contributed by atoms with Gasteiger partial charge in [0.05, 0.1) is 10.6 Å². The minimum atomic E-state index is -3.98. The van der Waals surface area contributed by atoms with Gasteiger partial charge in [-0.05, 0) is 77.2 Å². The number of aliphatic hydroxyl groups is 1. The van der Waals surface area contributed by atoms with Gasteiger partial charge < -0.3 is 5.11 Å². The van der Waals surface area contributed by atoms with Gasteiger partial charge in [0.25, 0.3) is 10.0 Å². The normalized spacial score (nSPS) is 16.8. The molecule has 0 amide bonds. The highest BCUT2D eigenvalue weighted by Gasteiger charge is 2.37. The lowest BCUT2D eigenvalue weighted by Crippen LogP contribution is -2.24. The van der Waals surface area contributed by atoms with Crippen molar-refractivity contribution in [3.8, 4) is 0 Å². The summed E-state index contributed by atoms with van der Waals surface area (Å²) in [5.41, 5.74) is 1.39. The fourth-order valence-electron chi connectivity index (χ4n) is 4.93. The van der Waals surface area contributed by atoms with Crippen molar-refractivity contribution in [1.29, 1.82) is 0 Å². The van der Waals surface area contributed by atoms with E-state index in [9.17, 15) is 13.5 Å². The van der Waals surface area contributed by atoms with Crippen LogP contribution in [-0.4, -0.2) is 27.5 Å². The molecule has 1 aliphatic rings. The highest BCUT2D eigenvalue weighted by Crippen LogP contribution is 2.45. The lowest BCUT2D eigenvalue weighted by molar-refractivity contribution is 0.109. The molecule has 33 heavy (non-hydrogen) atoms. The Hall–Kier alpha value is -2.55. The molecule has 8 heteroatoms. The molecule has 4 aromatic rings. The van der Waals surface area contributed by atoms with E-state index in [0.29, 0.717) is 16.7 Å². The smallest absolute Gasteiger partial charge is 0.269 e. The van der Waals surface area contributed by atoms with E-state index < -0.39 is 16.1 Å². The predicted molar refractivity (Wildman–Crippen MR) is 130 cm³/mol. The largest absolute Gasteiger partial charge is 0.386 e. The zero-order valence-electron chi connectivity index (χ0n) is 17.9. The zero-order chi connectivity index (χ0) is 23.0. The Morgan fingerprint density at radius 2 is 1.76 bits per heavy atom. The first-order valence-electron chi connectivity index (χ1n) is 11.0. The maximum Gasteiger partial charge on any atom is 0.269 e. The summed E-state index contributed by atoms with van der Waals surface area (Å²) in [4.78, 5) is 9.11. The number of fused-ring (bicyclic) bond motifs is 1. The molecule has 0 radical (unpaired) electrons. The fourth-order valence-corrected chi connectivity index (χ4v) is 6.70. The lowest BCUT2D eigenvalue weighted by Gasteiger charge is -2.29. The molecule has 2 unspecified atom stereocenters. The molecule has 3 aromatic heterocycles. The van der Waals surface area contributed by atoms with Gasteiger partial charge in [0.1, 0.15) is 6.10 Å². The Bertz CT molecular complexity index is 1370. The average Bonchev–Trinajstić information content (AvgIpc) is 3.49. The van der Waals surface area contributed by atoms with Crippen molar-refractivity contribution in [2.75, 3.05) is 0 Å². The van der Waals surface area contributed by atoms with E-state index in [1.165, 1.54) is 3.97 Å². The summed E-state index contributed by atoms with van der Waals surface area (Å²) >= 11 is 3.43. The summed E-state index contributed by atoms with van der Waals surface area (Å²) < 4.78 is 29.6. The number of nitrogens with zero attached hydrogens (tertiary/aromatic N) is 3. The second-order valence-electron chi connectivity index (χ2n) is 8.48. The standard InChI is InChI=1S/C25H24BrN3O3S/c26-19-12-13-21(28-16-19)23(17-7-4-5-8-17)24(30)22-15-18-9-6-14-27-25(18)29(22)33(31,32)20-10-2-1-3-11-20/h1-3,6,9-17,23-24,30H,4-5,7-8H2. The predicted octanol–water partition coefficient (Wildman–Crippen LogP) is 5.44. The van der Waals surface area contributed by atoms with Crippen molar-refractivity contribution in [3.63, 3.8) is 0 Å². The Kier molecular flexibility index (Phi) is 6.07. The van der Waals surface area contributed by atoms with Gasteiger partial charge in [-0.3, -0.25) is 4.98 Å². The molecule has 5 rings (SSSR count). The Labute approximate surface area is 201 Å². The van der Waals surface area contributed by atoms with Crippen LogP contribution in [0.15, 0.2) is 82.4 Å². The lowest BCUT2D eigenvalue weighted by atomic mass is 9.82. The second-order valence-corrected chi connectivity index (χ2v) is 11.2. The zero-order valence-corrected chi connectivity index (χ0v) is 20.3. The number of benzene rings is 1. The maximum atomic E-state index is 13.7. The van der Waals surface area contributed by atoms with Crippen molar-refractivity contribution in [2.45, 2.75) is 42.6 Å². The highest BCUT2D eigenvalue weighted by atomic mass is 79.9. The van der Waals surface area contributed by atoms with E-state index in [-0.39, 0.29) is 16.7 Å². The SMILES string of the molecule is O=S(=O)(c1ccccc1)n1c(C(O)C(c2ccc(Br)cn2)C2CCCC2)cc2cccnc21. The molecule has 1 saturated carbocycles. The summed E-state index contributed by atoms with van der Waals surface area (Å²) in [6, 6.07) is 17.4. The van der Waals surface area contributed by atoms with E-state index in [0.717, 1.165) is 35.8 Å². The molecule has 1 N–H and O–H groups in total. The molecule has 0 bridgehead atoms. The first-order valence-corrected chi connectivity index (χ1v) is 13.3. The first kappa shape index (κ1) is 22.3. The number of rotatable bonds is 6. The summed E-state index contributed by atoms with van der Waals surface area (Å²) in [5.74, 6) is -0.109. The van der Waals surface area contributed by atoms with Crippen LogP contribution in [0, 0.1) is 5.92 Å². The molecule has 6 nitrogen and oxygen atoms in total. The number of hydrogen-bond acceptors (Lipinski definition) is 5. The monoisotopic (exact) mass is 525 g/mol. The van der Waals surface area contributed by atoms with Crippen molar-refractivity contribution < 1.29 is 13.5 Å². The van der Waals surface area contributed by atoms with E-state index in [1.807, 2.05) is 18.2 Å². The van der Waals surface area contributed by atoms with Gasteiger partial charge in [0, 0.05) is 33.9 Å². The third-order valence-corrected chi connectivity index (χ3v) is 8.67. The van der Waals surface area contributed by atoms with Gasteiger partial charge in [-0.1, -0.05) is 31.0 Å². The van der Waals surface area contributed by atoms with Crippen LogP contribution in [-0.2, 0) is 10.0 Å². The molecule has 1 aliphatic carbocycles. The van der Waals surface area contributed by atoms with Crippen molar-refractivity contribution in [2.24, 2.45) is 5.92 Å². The second kappa shape index (κ2) is 9.00. The Morgan fingerprint density at radius 1 is 1.00 bits per heavy atom. The van der Waals surface area contributed by atoms with Crippen LogP contribution < -0.4 is 0 Å². The molecule has 2 atom stereocenters. The van der Waals surface area contributed by atoms with Crippen LogP contribution in [0.3, 0.4) is 0 Å². The van der Waals surface area contributed by atoms with Gasteiger partial charge in [-0.2, -0.15) is 0 Å². The minimum Gasteiger partial charge on any atom is -0.386 e. The molecule has 170 valence electrons.